The lowest BCUT2D eigenvalue weighted by atomic mass is 10.1. The van der Waals surface area contributed by atoms with Gasteiger partial charge in [-0.1, -0.05) is 28.4 Å². The van der Waals surface area contributed by atoms with E-state index >= 15 is 0 Å². The molecule has 0 spiro atoms. The van der Waals surface area contributed by atoms with E-state index in [2.05, 4.69) is 26.6 Å². The van der Waals surface area contributed by atoms with Gasteiger partial charge in [-0.2, -0.15) is 0 Å². The molecule has 4 nitrogen and oxygen atoms in total. The Labute approximate surface area is 121 Å². The van der Waals surface area contributed by atoms with Crippen LogP contribution in [-0.2, 0) is 0 Å². The lowest BCUT2D eigenvalue weighted by Crippen LogP contribution is -2.35. The number of urea groups is 1. The van der Waals surface area contributed by atoms with Crippen LogP contribution < -0.4 is 10.6 Å². The van der Waals surface area contributed by atoms with E-state index in [9.17, 15) is 9.90 Å². The first-order valence-corrected chi connectivity index (χ1v) is 7.34. The Kier molecular flexibility index (Phi) is 4.82. The van der Waals surface area contributed by atoms with Crippen molar-refractivity contribution in [2.75, 3.05) is 11.9 Å². The third kappa shape index (κ3) is 3.94. The van der Waals surface area contributed by atoms with Crippen molar-refractivity contribution in [3.63, 3.8) is 0 Å². The van der Waals surface area contributed by atoms with Crippen LogP contribution >= 0.6 is 15.9 Å². The maximum absolute atomic E-state index is 11.8. The second-order valence-corrected chi connectivity index (χ2v) is 5.97. The topological polar surface area (TPSA) is 61.4 Å². The molecule has 2 amide bonds. The SMILES string of the molecule is Cc1ccc(Br)cc1NC(=O)NC[C@H]1CCC[C@H]1O. The molecule has 1 fully saturated rings. The molecule has 104 valence electrons. The van der Waals surface area contributed by atoms with Crippen molar-refractivity contribution in [3.8, 4) is 0 Å². The van der Waals surface area contributed by atoms with Crippen molar-refractivity contribution in [1.29, 1.82) is 0 Å². The molecule has 0 unspecified atom stereocenters. The number of rotatable bonds is 3. The number of anilines is 1. The minimum absolute atomic E-state index is 0.189. The first-order chi connectivity index (χ1) is 9.06. The summed E-state index contributed by atoms with van der Waals surface area (Å²) in [5, 5.41) is 15.3. The summed E-state index contributed by atoms with van der Waals surface area (Å²) in [5.74, 6) is 0.189. The Balaban J connectivity index is 1.85. The highest BCUT2D eigenvalue weighted by Crippen LogP contribution is 2.25. The lowest BCUT2D eigenvalue weighted by molar-refractivity contribution is 0.133. The molecule has 3 N–H and O–H groups in total. The Bertz CT molecular complexity index is 465. The predicted molar refractivity (Wildman–Crippen MR) is 79.2 cm³/mol. The minimum atomic E-state index is -0.270. The predicted octanol–water partition coefficient (Wildman–Crippen LogP) is 3.04. The van der Waals surface area contributed by atoms with Gasteiger partial charge >= 0.3 is 6.03 Å². The summed E-state index contributed by atoms with van der Waals surface area (Å²) in [6, 6.07) is 5.54. The molecule has 19 heavy (non-hydrogen) atoms. The quantitative estimate of drug-likeness (QED) is 0.799. The first kappa shape index (κ1) is 14.3. The molecule has 2 atom stereocenters. The molecule has 1 aromatic rings. The Morgan fingerprint density at radius 1 is 1.47 bits per heavy atom. The van der Waals surface area contributed by atoms with Gasteiger partial charge in [-0.15, -0.1) is 0 Å². The van der Waals surface area contributed by atoms with Crippen molar-refractivity contribution in [1.82, 2.24) is 5.32 Å². The minimum Gasteiger partial charge on any atom is -0.393 e. The number of benzene rings is 1. The van der Waals surface area contributed by atoms with Crippen LogP contribution in [-0.4, -0.2) is 23.8 Å². The molecule has 5 heteroatoms. The molecular weight excluding hydrogens is 308 g/mol. The fourth-order valence-electron chi connectivity index (χ4n) is 2.37. The number of aliphatic hydroxyl groups is 1. The van der Waals surface area contributed by atoms with Crippen LogP contribution in [0.3, 0.4) is 0 Å². The highest BCUT2D eigenvalue weighted by molar-refractivity contribution is 9.10. The van der Waals surface area contributed by atoms with Gasteiger partial charge in [0.15, 0.2) is 0 Å². The van der Waals surface area contributed by atoms with Gasteiger partial charge < -0.3 is 15.7 Å². The largest absolute Gasteiger partial charge is 0.393 e. The normalized spacial score (nSPS) is 22.3. The smallest absolute Gasteiger partial charge is 0.319 e. The van der Waals surface area contributed by atoms with Gasteiger partial charge in [0.05, 0.1) is 6.10 Å². The van der Waals surface area contributed by atoms with E-state index < -0.39 is 0 Å². The number of aryl methyl sites for hydroxylation is 1. The monoisotopic (exact) mass is 326 g/mol. The number of aliphatic hydroxyl groups excluding tert-OH is 1. The second-order valence-electron chi connectivity index (χ2n) is 5.05. The highest BCUT2D eigenvalue weighted by Gasteiger charge is 2.25. The molecule has 0 radical (unpaired) electrons. The number of hydrogen-bond acceptors (Lipinski definition) is 2. The van der Waals surface area contributed by atoms with Gasteiger partial charge in [-0.3, -0.25) is 0 Å². The molecule has 1 aliphatic rings. The summed E-state index contributed by atoms with van der Waals surface area (Å²) in [4.78, 5) is 11.8. The van der Waals surface area contributed by atoms with Crippen LogP contribution in [0, 0.1) is 12.8 Å². The van der Waals surface area contributed by atoms with E-state index in [1.165, 1.54) is 0 Å². The van der Waals surface area contributed by atoms with E-state index in [-0.39, 0.29) is 18.1 Å². The third-order valence-corrected chi connectivity index (χ3v) is 4.08. The van der Waals surface area contributed by atoms with E-state index in [1.807, 2.05) is 25.1 Å². The summed E-state index contributed by atoms with van der Waals surface area (Å²) in [6.07, 6.45) is 2.60. The summed E-state index contributed by atoms with van der Waals surface area (Å²) < 4.78 is 0.930. The van der Waals surface area contributed by atoms with Gasteiger partial charge in [0.2, 0.25) is 0 Å². The molecule has 1 aromatic carbocycles. The Hall–Kier alpha value is -1.07. The molecule has 2 rings (SSSR count). The van der Waals surface area contributed by atoms with Crippen LogP contribution in [0.4, 0.5) is 10.5 Å². The molecular formula is C14H19BrN2O2. The van der Waals surface area contributed by atoms with Crippen molar-refractivity contribution in [3.05, 3.63) is 28.2 Å². The average Bonchev–Trinajstić information content (AvgIpc) is 2.77. The number of hydrogen-bond donors (Lipinski definition) is 3. The van der Waals surface area contributed by atoms with Gasteiger partial charge in [-0.05, 0) is 37.5 Å². The maximum Gasteiger partial charge on any atom is 0.319 e. The van der Waals surface area contributed by atoms with Gasteiger partial charge in [0.1, 0.15) is 0 Å². The van der Waals surface area contributed by atoms with Gasteiger partial charge in [-0.25, -0.2) is 4.79 Å². The van der Waals surface area contributed by atoms with E-state index in [4.69, 9.17) is 0 Å². The molecule has 0 aromatic heterocycles. The van der Waals surface area contributed by atoms with Crippen LogP contribution in [0.25, 0.3) is 0 Å². The van der Waals surface area contributed by atoms with Crippen molar-refractivity contribution in [2.45, 2.75) is 32.3 Å². The van der Waals surface area contributed by atoms with E-state index in [1.54, 1.807) is 0 Å². The second kappa shape index (κ2) is 6.39. The zero-order chi connectivity index (χ0) is 13.8. The van der Waals surface area contributed by atoms with Gasteiger partial charge in [0.25, 0.3) is 0 Å². The maximum atomic E-state index is 11.8. The fraction of sp³-hybridized carbons (Fsp3) is 0.500. The van der Waals surface area contributed by atoms with Crippen molar-refractivity contribution >= 4 is 27.6 Å². The zero-order valence-corrected chi connectivity index (χ0v) is 12.5. The highest BCUT2D eigenvalue weighted by atomic mass is 79.9. The van der Waals surface area contributed by atoms with E-state index in [0.29, 0.717) is 6.54 Å². The van der Waals surface area contributed by atoms with Gasteiger partial charge in [0, 0.05) is 22.6 Å². The molecule has 0 heterocycles. The summed E-state index contributed by atoms with van der Waals surface area (Å²) in [5.41, 5.74) is 1.80. The standard InChI is InChI=1S/C14H19BrN2O2/c1-9-5-6-11(15)7-12(9)17-14(19)16-8-10-3-2-4-13(10)18/h5-7,10,13,18H,2-4,8H2,1H3,(H2,16,17,19)/t10-,13-/m1/s1. The summed E-state index contributed by atoms with van der Waals surface area (Å²) in [7, 11) is 0. The number of halogens is 1. The molecule has 0 bridgehead atoms. The summed E-state index contributed by atoms with van der Waals surface area (Å²) >= 11 is 3.38. The number of nitrogens with one attached hydrogen (secondary N) is 2. The molecule has 0 aliphatic heterocycles. The van der Waals surface area contributed by atoms with Crippen molar-refractivity contribution in [2.24, 2.45) is 5.92 Å². The molecule has 1 aliphatic carbocycles. The summed E-state index contributed by atoms with van der Waals surface area (Å²) in [6.45, 7) is 2.48. The number of carbonyl (C=O) groups is 1. The molecule has 1 saturated carbocycles. The Morgan fingerprint density at radius 2 is 2.26 bits per heavy atom. The zero-order valence-electron chi connectivity index (χ0n) is 10.9. The average molecular weight is 327 g/mol. The third-order valence-electron chi connectivity index (χ3n) is 3.59. The first-order valence-electron chi connectivity index (χ1n) is 6.55. The Morgan fingerprint density at radius 3 is 2.95 bits per heavy atom. The fourth-order valence-corrected chi connectivity index (χ4v) is 2.74. The molecule has 0 saturated heterocycles. The van der Waals surface area contributed by atoms with Crippen LogP contribution in [0.15, 0.2) is 22.7 Å². The van der Waals surface area contributed by atoms with Crippen LogP contribution in [0.5, 0.6) is 0 Å². The number of amides is 2. The van der Waals surface area contributed by atoms with E-state index in [0.717, 1.165) is 35.0 Å². The number of carbonyl (C=O) groups excluding carboxylic acids is 1. The lowest BCUT2D eigenvalue weighted by Gasteiger charge is -2.16. The van der Waals surface area contributed by atoms with Crippen LogP contribution in [0.1, 0.15) is 24.8 Å². The van der Waals surface area contributed by atoms with Crippen molar-refractivity contribution < 1.29 is 9.90 Å². The van der Waals surface area contributed by atoms with Crippen LogP contribution in [0.2, 0.25) is 0 Å².